The van der Waals surface area contributed by atoms with Crippen molar-refractivity contribution in [3.05, 3.63) is 23.8 Å². The Morgan fingerprint density at radius 3 is 3.00 bits per heavy atom. The fourth-order valence-electron chi connectivity index (χ4n) is 1.95. The predicted molar refractivity (Wildman–Crippen MR) is 59.2 cm³/mol. The molecule has 0 saturated heterocycles. The minimum absolute atomic E-state index is 0.263. The summed E-state index contributed by atoms with van der Waals surface area (Å²) in [7, 11) is 0. The summed E-state index contributed by atoms with van der Waals surface area (Å²) in [5.41, 5.74) is 1.15. The maximum atomic E-state index is 9.36. The standard InChI is InChI=1S/C12H17NO2/c1-8(2)13-11-5-6-15-12-7-9(14)3-4-10(11)12/h3-4,7-8,11,13-14H,5-6H2,1-2H3. The van der Waals surface area contributed by atoms with E-state index in [-0.39, 0.29) is 5.75 Å². The molecule has 1 aromatic carbocycles. The average molecular weight is 207 g/mol. The SMILES string of the molecule is CC(C)NC1CCOc2cc(O)ccc21. The molecule has 1 heterocycles. The minimum atomic E-state index is 0.263. The number of nitrogens with one attached hydrogen (secondary N) is 1. The van der Waals surface area contributed by atoms with Crippen molar-refractivity contribution >= 4 is 0 Å². The highest BCUT2D eigenvalue weighted by atomic mass is 16.5. The van der Waals surface area contributed by atoms with Gasteiger partial charge in [-0.15, -0.1) is 0 Å². The summed E-state index contributed by atoms with van der Waals surface area (Å²) >= 11 is 0. The van der Waals surface area contributed by atoms with Crippen molar-refractivity contribution in [1.29, 1.82) is 0 Å². The van der Waals surface area contributed by atoms with Crippen molar-refractivity contribution < 1.29 is 9.84 Å². The van der Waals surface area contributed by atoms with Crippen molar-refractivity contribution in [3.8, 4) is 11.5 Å². The molecule has 0 aliphatic carbocycles. The Morgan fingerprint density at radius 1 is 1.47 bits per heavy atom. The molecule has 0 bridgehead atoms. The van der Waals surface area contributed by atoms with Gasteiger partial charge in [0.2, 0.25) is 0 Å². The van der Waals surface area contributed by atoms with Crippen LogP contribution in [0.2, 0.25) is 0 Å². The quantitative estimate of drug-likeness (QED) is 0.781. The van der Waals surface area contributed by atoms with Crippen LogP contribution in [-0.4, -0.2) is 17.8 Å². The molecule has 0 aromatic heterocycles. The van der Waals surface area contributed by atoms with E-state index >= 15 is 0 Å². The van der Waals surface area contributed by atoms with Crippen LogP contribution in [0.25, 0.3) is 0 Å². The molecular weight excluding hydrogens is 190 g/mol. The lowest BCUT2D eigenvalue weighted by Crippen LogP contribution is -2.31. The first-order valence-electron chi connectivity index (χ1n) is 5.38. The number of hydrogen-bond donors (Lipinski definition) is 2. The average Bonchev–Trinajstić information content (AvgIpc) is 2.16. The van der Waals surface area contributed by atoms with Gasteiger partial charge in [-0.2, -0.15) is 0 Å². The van der Waals surface area contributed by atoms with Crippen LogP contribution < -0.4 is 10.1 Å². The fourth-order valence-corrected chi connectivity index (χ4v) is 1.95. The number of phenols is 1. The van der Waals surface area contributed by atoms with E-state index in [9.17, 15) is 5.11 Å². The Bertz CT molecular complexity index is 349. The topological polar surface area (TPSA) is 41.5 Å². The predicted octanol–water partition coefficient (Wildman–Crippen LogP) is 2.21. The van der Waals surface area contributed by atoms with Gasteiger partial charge < -0.3 is 15.2 Å². The lowest BCUT2D eigenvalue weighted by Gasteiger charge is -2.28. The van der Waals surface area contributed by atoms with E-state index in [4.69, 9.17) is 4.74 Å². The molecular formula is C12H17NO2. The van der Waals surface area contributed by atoms with Crippen LogP contribution in [0.1, 0.15) is 31.9 Å². The zero-order valence-electron chi connectivity index (χ0n) is 9.16. The van der Waals surface area contributed by atoms with Gasteiger partial charge in [0.15, 0.2) is 0 Å². The molecule has 2 N–H and O–H groups in total. The number of fused-ring (bicyclic) bond motifs is 1. The van der Waals surface area contributed by atoms with Gasteiger partial charge in [-0.25, -0.2) is 0 Å². The molecule has 1 aliphatic rings. The highest BCUT2D eigenvalue weighted by Crippen LogP contribution is 2.34. The van der Waals surface area contributed by atoms with Gasteiger partial charge in [-0.1, -0.05) is 19.9 Å². The van der Waals surface area contributed by atoms with Gasteiger partial charge in [-0.05, 0) is 6.07 Å². The first-order chi connectivity index (χ1) is 7.16. The molecule has 3 nitrogen and oxygen atoms in total. The number of rotatable bonds is 2. The lowest BCUT2D eigenvalue weighted by molar-refractivity contribution is 0.246. The van der Waals surface area contributed by atoms with Crippen LogP contribution in [0.3, 0.4) is 0 Å². The third kappa shape index (κ3) is 2.23. The van der Waals surface area contributed by atoms with Gasteiger partial charge in [0, 0.05) is 30.1 Å². The van der Waals surface area contributed by atoms with Crippen LogP contribution >= 0.6 is 0 Å². The maximum absolute atomic E-state index is 9.36. The molecule has 0 spiro atoms. The first kappa shape index (κ1) is 10.3. The molecule has 1 aromatic rings. The van der Waals surface area contributed by atoms with E-state index in [0.717, 1.165) is 17.7 Å². The Morgan fingerprint density at radius 2 is 2.27 bits per heavy atom. The summed E-state index contributed by atoms with van der Waals surface area (Å²) in [6.45, 7) is 4.98. The van der Waals surface area contributed by atoms with Crippen LogP contribution in [0.4, 0.5) is 0 Å². The zero-order valence-corrected chi connectivity index (χ0v) is 9.16. The van der Waals surface area contributed by atoms with E-state index in [1.54, 1.807) is 12.1 Å². The smallest absolute Gasteiger partial charge is 0.127 e. The molecule has 0 amide bonds. The molecule has 0 radical (unpaired) electrons. The van der Waals surface area contributed by atoms with Gasteiger partial charge in [0.05, 0.1) is 6.61 Å². The minimum Gasteiger partial charge on any atom is -0.508 e. The summed E-state index contributed by atoms with van der Waals surface area (Å²) < 4.78 is 5.52. The monoisotopic (exact) mass is 207 g/mol. The maximum Gasteiger partial charge on any atom is 0.127 e. The Kier molecular flexibility index (Phi) is 2.82. The normalized spacial score (nSPS) is 19.8. The third-order valence-corrected chi connectivity index (χ3v) is 2.57. The highest BCUT2D eigenvalue weighted by Gasteiger charge is 2.21. The van der Waals surface area contributed by atoms with Crippen LogP contribution in [0.5, 0.6) is 11.5 Å². The van der Waals surface area contributed by atoms with E-state index in [0.29, 0.717) is 18.7 Å². The van der Waals surface area contributed by atoms with Gasteiger partial charge in [0.25, 0.3) is 0 Å². The molecule has 2 rings (SSSR count). The molecule has 82 valence electrons. The van der Waals surface area contributed by atoms with Crippen molar-refractivity contribution in [1.82, 2.24) is 5.32 Å². The number of aromatic hydroxyl groups is 1. The fraction of sp³-hybridized carbons (Fsp3) is 0.500. The van der Waals surface area contributed by atoms with Crippen LogP contribution in [-0.2, 0) is 0 Å². The Labute approximate surface area is 90.1 Å². The van der Waals surface area contributed by atoms with Crippen molar-refractivity contribution in [2.75, 3.05) is 6.61 Å². The summed E-state index contributed by atoms with van der Waals surface area (Å²) in [6.07, 6.45) is 0.982. The van der Waals surface area contributed by atoms with E-state index in [1.165, 1.54) is 0 Å². The Hall–Kier alpha value is -1.22. The highest BCUT2D eigenvalue weighted by molar-refractivity contribution is 5.43. The number of hydrogen-bond acceptors (Lipinski definition) is 3. The second kappa shape index (κ2) is 4.11. The molecule has 3 heteroatoms. The van der Waals surface area contributed by atoms with E-state index < -0.39 is 0 Å². The molecule has 1 atom stereocenters. The summed E-state index contributed by atoms with van der Waals surface area (Å²) in [6, 6.07) is 6.12. The first-order valence-corrected chi connectivity index (χ1v) is 5.38. The van der Waals surface area contributed by atoms with Crippen molar-refractivity contribution in [2.45, 2.75) is 32.4 Å². The summed E-state index contributed by atoms with van der Waals surface area (Å²) in [5, 5.41) is 12.9. The molecule has 15 heavy (non-hydrogen) atoms. The molecule has 1 aliphatic heterocycles. The van der Waals surface area contributed by atoms with Crippen LogP contribution in [0, 0.1) is 0 Å². The molecule has 1 unspecified atom stereocenters. The zero-order chi connectivity index (χ0) is 10.8. The summed E-state index contributed by atoms with van der Waals surface area (Å²) in [5.74, 6) is 1.07. The van der Waals surface area contributed by atoms with E-state index in [2.05, 4.69) is 19.2 Å². The van der Waals surface area contributed by atoms with Gasteiger partial charge >= 0.3 is 0 Å². The van der Waals surface area contributed by atoms with Crippen molar-refractivity contribution in [2.24, 2.45) is 0 Å². The summed E-state index contributed by atoms with van der Waals surface area (Å²) in [4.78, 5) is 0. The van der Waals surface area contributed by atoms with Crippen LogP contribution in [0.15, 0.2) is 18.2 Å². The second-order valence-electron chi connectivity index (χ2n) is 4.23. The van der Waals surface area contributed by atoms with Gasteiger partial charge in [0.1, 0.15) is 11.5 Å². The Balaban J connectivity index is 2.26. The van der Waals surface area contributed by atoms with E-state index in [1.807, 2.05) is 6.07 Å². The second-order valence-corrected chi connectivity index (χ2v) is 4.23. The largest absolute Gasteiger partial charge is 0.508 e. The molecule has 0 fully saturated rings. The third-order valence-electron chi connectivity index (χ3n) is 2.57. The number of benzene rings is 1. The van der Waals surface area contributed by atoms with Gasteiger partial charge in [-0.3, -0.25) is 0 Å². The molecule has 0 saturated carbocycles. The number of phenolic OH excluding ortho intramolecular Hbond substituents is 1. The lowest BCUT2D eigenvalue weighted by atomic mass is 10.00. The van der Waals surface area contributed by atoms with Crippen molar-refractivity contribution in [3.63, 3.8) is 0 Å². The number of ether oxygens (including phenoxy) is 1.